The van der Waals surface area contributed by atoms with Gasteiger partial charge in [0.05, 0.1) is 0 Å². The molecule has 0 unspecified atom stereocenters. The van der Waals surface area contributed by atoms with Gasteiger partial charge in [0.1, 0.15) is 9.50 Å². The van der Waals surface area contributed by atoms with Gasteiger partial charge in [-0.2, -0.15) is 0 Å². The molecule has 3 heteroatoms. The van der Waals surface area contributed by atoms with Gasteiger partial charge in [-0.3, -0.25) is 0 Å². The minimum atomic E-state index is -0.0926. The van der Waals surface area contributed by atoms with Crippen LogP contribution in [0.4, 0.5) is 0 Å². The van der Waals surface area contributed by atoms with Crippen LogP contribution in [0.5, 0.6) is 0 Å². The Morgan fingerprint density at radius 1 is 1.71 bits per heavy atom. The topological polar surface area (TPSA) is 20.2 Å². The molecule has 42 valence electrons. The Bertz CT molecular complexity index is 77.8. The summed E-state index contributed by atoms with van der Waals surface area (Å²) < 4.78 is -0.0926. The Morgan fingerprint density at radius 2 is 2.14 bits per heavy atom. The van der Waals surface area contributed by atoms with E-state index in [1.165, 1.54) is 0 Å². The van der Waals surface area contributed by atoms with E-state index in [1.54, 1.807) is 13.0 Å². The fraction of sp³-hybridized carbons (Fsp3) is 0.500. The van der Waals surface area contributed by atoms with E-state index in [0.717, 1.165) is 0 Å². The van der Waals surface area contributed by atoms with Crippen molar-refractivity contribution in [2.75, 3.05) is 0 Å². The van der Waals surface area contributed by atoms with Gasteiger partial charge in [-0.1, -0.05) is 31.9 Å². The molecule has 0 fully saturated rings. The maximum Gasteiger partial charge on any atom is 0.126 e. The summed E-state index contributed by atoms with van der Waals surface area (Å²) in [6, 6.07) is 0. The summed E-state index contributed by atoms with van der Waals surface area (Å²) in [6.07, 6.45) is 1.62. The molecule has 0 aromatic carbocycles. The highest BCUT2D eigenvalue weighted by atomic mass is 79.9. The Kier molecular flexibility index (Phi) is 3.75. The smallest absolute Gasteiger partial charge is 0.126 e. The summed E-state index contributed by atoms with van der Waals surface area (Å²) in [4.78, 5) is 0. The molecule has 0 amide bonds. The molecule has 0 rings (SSSR count). The van der Waals surface area contributed by atoms with Crippen LogP contribution >= 0.6 is 31.9 Å². The van der Waals surface area contributed by atoms with Gasteiger partial charge in [0.15, 0.2) is 0 Å². The molecule has 0 saturated heterocycles. The Labute approximate surface area is 59.7 Å². The van der Waals surface area contributed by atoms with E-state index >= 15 is 0 Å². The van der Waals surface area contributed by atoms with Crippen LogP contribution in [0, 0.1) is 0 Å². The van der Waals surface area contributed by atoms with E-state index in [2.05, 4.69) is 31.9 Å². The predicted octanol–water partition coefficient (Wildman–Crippen LogP) is 2.56. The lowest BCUT2D eigenvalue weighted by molar-refractivity contribution is 0.413. The van der Waals surface area contributed by atoms with Gasteiger partial charge in [0, 0.05) is 0 Å². The second-order valence-electron chi connectivity index (χ2n) is 1.01. The Balaban J connectivity index is 3.56. The van der Waals surface area contributed by atoms with E-state index in [4.69, 9.17) is 5.11 Å². The summed E-state index contributed by atoms with van der Waals surface area (Å²) in [7, 11) is 0. The number of hydrogen-bond donors (Lipinski definition) is 1. The quantitative estimate of drug-likeness (QED) is 0.542. The van der Waals surface area contributed by atoms with Gasteiger partial charge in [-0.05, 0) is 13.0 Å². The number of alkyl halides is 2. The largest absolute Gasteiger partial charge is 0.511 e. The first-order chi connectivity index (χ1) is 3.18. The first kappa shape index (κ1) is 7.50. The molecular formula is C4H6Br2O. The van der Waals surface area contributed by atoms with Crippen molar-refractivity contribution in [2.24, 2.45) is 0 Å². The van der Waals surface area contributed by atoms with E-state index in [9.17, 15) is 0 Å². The first-order valence-corrected chi connectivity index (χ1v) is 3.65. The van der Waals surface area contributed by atoms with E-state index in [-0.39, 0.29) is 3.74 Å². The predicted molar refractivity (Wildman–Crippen MR) is 38.0 cm³/mol. The molecule has 0 aliphatic carbocycles. The highest BCUT2D eigenvalue weighted by molar-refractivity contribution is 9.24. The minimum Gasteiger partial charge on any atom is -0.511 e. The van der Waals surface area contributed by atoms with Gasteiger partial charge in [0.25, 0.3) is 0 Å². The van der Waals surface area contributed by atoms with Crippen LogP contribution in [0.2, 0.25) is 0 Å². The lowest BCUT2D eigenvalue weighted by Crippen LogP contribution is -1.87. The number of allylic oxidation sites excluding steroid dienone is 2. The van der Waals surface area contributed by atoms with Crippen molar-refractivity contribution in [1.29, 1.82) is 0 Å². The van der Waals surface area contributed by atoms with Crippen LogP contribution in [0.15, 0.2) is 11.8 Å². The second kappa shape index (κ2) is 3.50. The van der Waals surface area contributed by atoms with Gasteiger partial charge < -0.3 is 5.11 Å². The highest BCUT2D eigenvalue weighted by Gasteiger charge is 1.98. The summed E-state index contributed by atoms with van der Waals surface area (Å²) in [5.74, 6) is 0.306. The fourth-order valence-corrected chi connectivity index (χ4v) is 0.655. The number of aliphatic hydroxyl groups excluding tert-OH is 1. The van der Waals surface area contributed by atoms with Crippen molar-refractivity contribution in [1.82, 2.24) is 0 Å². The fourth-order valence-electron chi connectivity index (χ4n) is 0.126. The van der Waals surface area contributed by atoms with E-state index in [0.29, 0.717) is 5.76 Å². The Hall–Kier alpha value is 0.500. The van der Waals surface area contributed by atoms with E-state index in [1.807, 2.05) is 0 Å². The van der Waals surface area contributed by atoms with Crippen molar-refractivity contribution in [2.45, 2.75) is 10.7 Å². The zero-order valence-electron chi connectivity index (χ0n) is 3.86. The van der Waals surface area contributed by atoms with Crippen molar-refractivity contribution in [3.05, 3.63) is 11.8 Å². The molecule has 0 atom stereocenters. The normalized spacial score (nSPS) is 12.9. The summed E-state index contributed by atoms with van der Waals surface area (Å²) >= 11 is 6.20. The number of halogens is 2. The van der Waals surface area contributed by atoms with Crippen molar-refractivity contribution >= 4 is 31.9 Å². The van der Waals surface area contributed by atoms with Crippen LogP contribution in [0.3, 0.4) is 0 Å². The standard InChI is InChI=1S/C4H6Br2O/c1-2-3(7)4(5)6/h2,4,7H,1H3. The molecule has 0 radical (unpaired) electrons. The Morgan fingerprint density at radius 3 is 2.14 bits per heavy atom. The molecule has 0 saturated carbocycles. The number of aliphatic hydroxyl groups is 1. The average Bonchev–Trinajstić information content (AvgIpc) is 1.65. The average molecular weight is 230 g/mol. The third-order valence-electron chi connectivity index (χ3n) is 0.519. The van der Waals surface area contributed by atoms with Gasteiger partial charge in [-0.15, -0.1) is 0 Å². The van der Waals surface area contributed by atoms with Crippen molar-refractivity contribution < 1.29 is 5.11 Å². The molecule has 0 aromatic heterocycles. The van der Waals surface area contributed by atoms with Crippen LogP contribution in [-0.2, 0) is 0 Å². The van der Waals surface area contributed by atoms with Gasteiger partial charge in [0.2, 0.25) is 0 Å². The van der Waals surface area contributed by atoms with Gasteiger partial charge in [-0.25, -0.2) is 0 Å². The molecular weight excluding hydrogens is 224 g/mol. The lowest BCUT2D eigenvalue weighted by Gasteiger charge is -1.94. The summed E-state index contributed by atoms with van der Waals surface area (Å²) in [5.41, 5.74) is 0. The molecule has 0 spiro atoms. The van der Waals surface area contributed by atoms with Crippen LogP contribution in [0.1, 0.15) is 6.92 Å². The second-order valence-corrected chi connectivity index (χ2v) is 4.07. The lowest BCUT2D eigenvalue weighted by atomic mass is 10.5. The SMILES string of the molecule is CC=C(O)C(Br)Br. The van der Waals surface area contributed by atoms with E-state index < -0.39 is 0 Å². The molecule has 7 heavy (non-hydrogen) atoms. The third kappa shape index (κ3) is 3.12. The third-order valence-corrected chi connectivity index (χ3v) is 1.46. The minimum absolute atomic E-state index is 0.0926. The highest BCUT2D eigenvalue weighted by Crippen LogP contribution is 2.15. The molecule has 1 N–H and O–H groups in total. The van der Waals surface area contributed by atoms with Crippen LogP contribution < -0.4 is 0 Å². The van der Waals surface area contributed by atoms with Crippen LogP contribution in [0.25, 0.3) is 0 Å². The molecule has 0 heterocycles. The number of rotatable bonds is 1. The van der Waals surface area contributed by atoms with Gasteiger partial charge >= 0.3 is 0 Å². The molecule has 0 bridgehead atoms. The number of hydrogen-bond acceptors (Lipinski definition) is 1. The molecule has 0 aliphatic heterocycles. The zero-order chi connectivity index (χ0) is 5.86. The molecule has 0 aromatic rings. The summed E-state index contributed by atoms with van der Waals surface area (Å²) in [6.45, 7) is 1.77. The molecule has 1 nitrogen and oxygen atoms in total. The maximum absolute atomic E-state index is 8.70. The van der Waals surface area contributed by atoms with Crippen molar-refractivity contribution in [3.63, 3.8) is 0 Å². The molecule has 0 aliphatic rings. The first-order valence-electron chi connectivity index (χ1n) is 1.81. The zero-order valence-corrected chi connectivity index (χ0v) is 7.03. The van der Waals surface area contributed by atoms with Crippen LogP contribution in [-0.4, -0.2) is 8.84 Å². The van der Waals surface area contributed by atoms with Crippen molar-refractivity contribution in [3.8, 4) is 0 Å². The monoisotopic (exact) mass is 228 g/mol. The maximum atomic E-state index is 8.70. The summed E-state index contributed by atoms with van der Waals surface area (Å²) in [5, 5.41) is 8.70.